The van der Waals surface area contributed by atoms with Crippen molar-refractivity contribution in [2.24, 2.45) is 11.8 Å². The molecule has 74 heavy (non-hydrogen) atoms. The molecule has 1 fully saturated rings. The first-order chi connectivity index (χ1) is 36.2. The van der Waals surface area contributed by atoms with Crippen LogP contribution in [-0.4, -0.2) is 46.6 Å². The Morgan fingerprint density at radius 1 is 0.514 bits per heavy atom. The third kappa shape index (κ3) is 7.65. The van der Waals surface area contributed by atoms with Gasteiger partial charge in [-0.3, -0.25) is 24.6 Å². The summed E-state index contributed by atoms with van der Waals surface area (Å²) in [6.07, 6.45) is 8.75. The van der Waals surface area contributed by atoms with E-state index in [0.29, 0.717) is 34.4 Å². The second kappa shape index (κ2) is 17.8. The highest BCUT2D eigenvalue weighted by atomic mass is 16.6. The zero-order valence-corrected chi connectivity index (χ0v) is 39.7. The first-order valence-electron chi connectivity index (χ1n) is 24.3. The third-order valence-corrected chi connectivity index (χ3v) is 14.2. The van der Waals surface area contributed by atoms with Crippen LogP contribution in [0.15, 0.2) is 164 Å². The standard InChI is InChI=1S/C61H42N8O5/c1-35-62-54-34-44-43(60(70)68(61(44)71)40-19-21-41(22-20-40)69(72)73)33-45(54)59(63-35)74-42-23-17-39(18-24-42)58-52-31-29-50(66-52)56(37-13-7-3-8-14-37)48-27-25-46(64-48)55(36-11-5-2-6-12-36)47-26-28-49(65-47)57(38-15-9-4-10-16-38)51-30-32-53(58)67-51/h2-32,43-44,64,67H,33-34H2,1H3. The van der Waals surface area contributed by atoms with Crippen LogP contribution in [-0.2, 0) is 22.4 Å². The van der Waals surface area contributed by atoms with Gasteiger partial charge in [-0.1, -0.05) is 103 Å². The van der Waals surface area contributed by atoms with Crippen LogP contribution in [0.3, 0.4) is 0 Å². The molecule has 4 aliphatic rings. The monoisotopic (exact) mass is 966 g/mol. The molecule has 2 unspecified atom stereocenters. The number of hydrogen-bond acceptors (Lipinski definition) is 9. The Labute approximate surface area is 423 Å². The fourth-order valence-electron chi connectivity index (χ4n) is 10.8. The summed E-state index contributed by atoms with van der Waals surface area (Å²) in [5.41, 5.74) is 16.0. The van der Waals surface area contributed by atoms with Crippen molar-refractivity contribution in [1.82, 2.24) is 29.9 Å². The molecule has 0 saturated carbocycles. The predicted octanol–water partition coefficient (Wildman–Crippen LogP) is 13.0. The van der Waals surface area contributed by atoms with Crippen molar-refractivity contribution in [2.75, 3.05) is 4.90 Å². The summed E-state index contributed by atoms with van der Waals surface area (Å²) in [6.45, 7) is 1.77. The number of nitro benzene ring substituents is 1. The number of imide groups is 1. The number of fused-ring (bicyclic) bond motifs is 10. The SMILES string of the molecule is Cc1nc2c(c(Oc3ccc(-c4c5nc(c(-c6ccccc6)c6ccc([nH]6)c(-c6ccccc6)c6nc(c(-c7ccccc7)c7ccc4[nH]7)C=C6)C=C5)cc3)n1)CC1C(=O)N(c3ccc([N+](=O)[O-])cc3)C(=O)C1C2. The van der Waals surface area contributed by atoms with Crippen molar-refractivity contribution < 1.29 is 19.2 Å². The Morgan fingerprint density at radius 3 is 1.36 bits per heavy atom. The van der Waals surface area contributed by atoms with Gasteiger partial charge in [0.1, 0.15) is 11.6 Å². The number of aryl methyl sites for hydroxylation is 1. The lowest BCUT2D eigenvalue weighted by Gasteiger charge is -2.25. The quantitative estimate of drug-likeness (QED) is 0.0853. The summed E-state index contributed by atoms with van der Waals surface area (Å²) >= 11 is 0. The van der Waals surface area contributed by atoms with Gasteiger partial charge < -0.3 is 14.7 Å². The topological polar surface area (TPSA) is 173 Å². The van der Waals surface area contributed by atoms with Gasteiger partial charge in [-0.2, -0.15) is 4.98 Å². The molecule has 1 saturated heterocycles. The van der Waals surface area contributed by atoms with Gasteiger partial charge >= 0.3 is 0 Å². The van der Waals surface area contributed by atoms with Crippen molar-refractivity contribution in [1.29, 1.82) is 0 Å². The molecule has 1 aliphatic carbocycles. The van der Waals surface area contributed by atoms with Gasteiger partial charge in [-0.25, -0.2) is 15.0 Å². The van der Waals surface area contributed by atoms with Crippen molar-refractivity contribution in [2.45, 2.75) is 19.8 Å². The minimum atomic E-state index is -0.672. The Kier molecular flexibility index (Phi) is 10.6. The number of ether oxygens (including phenoxy) is 1. The number of carbonyl (C=O) groups excluding carboxylic acids is 2. The lowest BCUT2D eigenvalue weighted by atomic mass is 9.79. The molecule has 0 spiro atoms. The van der Waals surface area contributed by atoms with Crippen LogP contribution in [0.5, 0.6) is 11.6 Å². The summed E-state index contributed by atoms with van der Waals surface area (Å²) in [4.78, 5) is 67.5. The molecule has 13 rings (SSSR count). The molecule has 2 atom stereocenters. The highest BCUT2D eigenvalue weighted by Gasteiger charge is 2.51. The van der Waals surface area contributed by atoms with E-state index in [0.717, 1.165) is 94.3 Å². The molecular weight excluding hydrogens is 925 g/mol. The Bertz CT molecular complexity index is 3980. The number of amides is 2. The lowest BCUT2D eigenvalue weighted by molar-refractivity contribution is -0.384. The average molecular weight is 967 g/mol. The first-order valence-corrected chi connectivity index (χ1v) is 24.3. The molecular formula is C61H42N8O5. The maximum atomic E-state index is 13.9. The van der Waals surface area contributed by atoms with E-state index in [-0.39, 0.29) is 30.3 Å². The van der Waals surface area contributed by atoms with Gasteiger partial charge in [-0.05, 0) is 108 Å². The first kappa shape index (κ1) is 44.1. The van der Waals surface area contributed by atoms with Gasteiger partial charge in [0.25, 0.3) is 5.69 Å². The summed E-state index contributed by atoms with van der Waals surface area (Å²) in [5, 5.41) is 11.3. The van der Waals surface area contributed by atoms with E-state index in [1.165, 1.54) is 24.3 Å². The van der Waals surface area contributed by atoms with Gasteiger partial charge in [0.05, 0.1) is 50.9 Å². The number of carbonyl (C=O) groups is 2. The normalized spacial score (nSPS) is 15.6. The van der Waals surface area contributed by atoms with Crippen molar-refractivity contribution in [3.8, 4) is 56.1 Å². The summed E-state index contributed by atoms with van der Waals surface area (Å²) < 4.78 is 6.59. The van der Waals surface area contributed by atoms with E-state index in [2.05, 4.69) is 107 Å². The number of aromatic amines is 2. The van der Waals surface area contributed by atoms with E-state index in [4.69, 9.17) is 24.7 Å². The number of hydrogen-bond donors (Lipinski definition) is 2. The number of H-pyrrole nitrogens is 2. The van der Waals surface area contributed by atoms with Gasteiger partial charge in [0, 0.05) is 68.4 Å². The Hall–Kier alpha value is -9.88. The Balaban J connectivity index is 0.939. The number of nitrogens with zero attached hydrogens (tertiary/aromatic N) is 6. The molecule has 9 aromatic rings. The number of non-ortho nitro benzene ring substituents is 1. The summed E-state index contributed by atoms with van der Waals surface area (Å²) in [7, 11) is 0. The zero-order valence-electron chi connectivity index (χ0n) is 39.7. The highest BCUT2D eigenvalue weighted by Crippen LogP contribution is 2.44. The van der Waals surface area contributed by atoms with Crippen LogP contribution in [0.25, 0.3) is 90.9 Å². The van der Waals surface area contributed by atoms with Crippen LogP contribution in [0, 0.1) is 28.9 Å². The van der Waals surface area contributed by atoms with Gasteiger partial charge in [0.2, 0.25) is 17.7 Å². The van der Waals surface area contributed by atoms with E-state index in [1.807, 2.05) is 66.7 Å². The van der Waals surface area contributed by atoms with Crippen LogP contribution in [0.4, 0.5) is 11.4 Å². The lowest BCUT2D eigenvalue weighted by Crippen LogP contribution is -2.31. The second-order valence-electron chi connectivity index (χ2n) is 18.6. The van der Waals surface area contributed by atoms with Gasteiger partial charge in [-0.15, -0.1) is 0 Å². The minimum Gasteiger partial charge on any atom is -0.439 e. The summed E-state index contributed by atoms with van der Waals surface area (Å²) in [5.74, 6) is -0.731. The second-order valence-corrected chi connectivity index (χ2v) is 18.6. The molecule has 2 N–H and O–H groups in total. The number of anilines is 1. The molecule has 8 bridgehead atoms. The molecule has 7 heterocycles. The van der Waals surface area contributed by atoms with Crippen molar-refractivity contribution in [3.63, 3.8) is 0 Å². The highest BCUT2D eigenvalue weighted by molar-refractivity contribution is 6.22. The molecule has 13 heteroatoms. The molecule has 356 valence electrons. The fourth-order valence-corrected chi connectivity index (χ4v) is 10.8. The van der Waals surface area contributed by atoms with Crippen molar-refractivity contribution >= 4 is 69.6 Å². The van der Waals surface area contributed by atoms with Crippen LogP contribution in [0.1, 0.15) is 39.9 Å². The average Bonchev–Trinajstić information content (AvgIpc) is 4.30. The number of nitrogens with one attached hydrogen (secondary N) is 2. The van der Waals surface area contributed by atoms with E-state index in [9.17, 15) is 19.7 Å². The molecule has 3 aliphatic heterocycles. The number of rotatable bonds is 8. The largest absolute Gasteiger partial charge is 0.439 e. The molecule has 0 radical (unpaired) electrons. The molecule has 4 aromatic heterocycles. The van der Waals surface area contributed by atoms with Gasteiger partial charge in [0.15, 0.2) is 0 Å². The van der Waals surface area contributed by atoms with Crippen LogP contribution >= 0.6 is 0 Å². The smallest absolute Gasteiger partial charge is 0.269 e. The summed E-state index contributed by atoms with van der Waals surface area (Å²) in [6, 6.07) is 52.6. The van der Waals surface area contributed by atoms with Crippen LogP contribution < -0.4 is 9.64 Å². The number of aromatic nitrogens is 6. The van der Waals surface area contributed by atoms with E-state index in [1.54, 1.807) is 6.92 Å². The minimum absolute atomic E-state index is 0.130. The fraction of sp³-hybridized carbons (Fsp3) is 0.0820. The van der Waals surface area contributed by atoms with E-state index < -0.39 is 16.8 Å². The predicted molar refractivity (Wildman–Crippen MR) is 287 cm³/mol. The van der Waals surface area contributed by atoms with Crippen molar-refractivity contribution in [3.05, 3.63) is 214 Å². The maximum Gasteiger partial charge on any atom is 0.269 e. The number of benzene rings is 5. The number of nitro groups is 1. The van der Waals surface area contributed by atoms with E-state index >= 15 is 0 Å². The van der Waals surface area contributed by atoms with Crippen LogP contribution in [0.2, 0.25) is 0 Å². The Morgan fingerprint density at radius 2 is 0.932 bits per heavy atom. The maximum absolute atomic E-state index is 13.9. The third-order valence-electron chi connectivity index (χ3n) is 14.2. The zero-order chi connectivity index (χ0) is 50.0. The molecule has 13 nitrogen and oxygen atoms in total. The molecule has 5 aromatic carbocycles. The molecule has 2 amide bonds.